The van der Waals surface area contributed by atoms with Crippen LogP contribution in [-0.4, -0.2) is 4.75 Å². The van der Waals surface area contributed by atoms with Crippen molar-refractivity contribution in [3.05, 3.63) is 127 Å². The highest BCUT2D eigenvalue weighted by molar-refractivity contribution is 8.01. The van der Waals surface area contributed by atoms with Gasteiger partial charge < -0.3 is 0 Å². The highest BCUT2D eigenvalue weighted by Crippen LogP contribution is 2.63. The maximum Gasteiger partial charge on any atom is 0.0273 e. The van der Waals surface area contributed by atoms with Crippen LogP contribution in [0, 0.1) is 0 Å². The maximum absolute atomic E-state index is 2.56. The first kappa shape index (κ1) is 25.4. The zero-order chi connectivity index (χ0) is 28.8. The molecule has 1 aliphatic heterocycles. The Balaban J connectivity index is 1.37. The van der Waals surface area contributed by atoms with Gasteiger partial charge in [-0.05, 0) is 109 Å². The molecule has 1 heteroatoms. The lowest BCUT2D eigenvalue weighted by Crippen LogP contribution is -2.43. The predicted molar refractivity (Wildman–Crippen MR) is 187 cm³/mol. The van der Waals surface area contributed by atoms with Gasteiger partial charge in [-0.3, -0.25) is 0 Å². The van der Waals surface area contributed by atoms with Crippen LogP contribution >= 0.6 is 11.8 Å². The van der Waals surface area contributed by atoms with Gasteiger partial charge in [0, 0.05) is 15.1 Å². The summed E-state index contributed by atoms with van der Waals surface area (Å²) < 4.78 is 0.290. The van der Waals surface area contributed by atoms with Crippen molar-refractivity contribution in [1.82, 2.24) is 0 Å². The molecule has 2 aliphatic rings. The molecule has 0 spiro atoms. The highest BCUT2D eigenvalue weighted by atomic mass is 32.2. The SMILES string of the molecule is CC12CCCCC1(C)c1cc(-c3cc(-c4ccccc4)c4ccc5ccc(-c6ccccc6)c6ccc3c4c56)ccc1S2. The van der Waals surface area contributed by atoms with Crippen molar-refractivity contribution in [2.75, 3.05) is 0 Å². The van der Waals surface area contributed by atoms with Crippen LogP contribution in [0.3, 0.4) is 0 Å². The van der Waals surface area contributed by atoms with Crippen molar-refractivity contribution >= 4 is 44.1 Å². The topological polar surface area (TPSA) is 0 Å². The highest BCUT2D eigenvalue weighted by Gasteiger charge is 2.53. The van der Waals surface area contributed by atoms with Crippen LogP contribution in [-0.2, 0) is 5.41 Å². The van der Waals surface area contributed by atoms with Gasteiger partial charge in [-0.15, -0.1) is 11.8 Å². The van der Waals surface area contributed by atoms with Crippen molar-refractivity contribution in [3.63, 3.8) is 0 Å². The van der Waals surface area contributed by atoms with Crippen LogP contribution in [0.4, 0.5) is 0 Å². The molecule has 1 fully saturated rings. The van der Waals surface area contributed by atoms with E-state index in [1.807, 2.05) is 0 Å². The summed E-state index contributed by atoms with van der Waals surface area (Å²) in [7, 11) is 0. The van der Waals surface area contributed by atoms with Crippen LogP contribution in [0.2, 0.25) is 0 Å². The van der Waals surface area contributed by atoms with Gasteiger partial charge in [0.2, 0.25) is 0 Å². The van der Waals surface area contributed by atoms with Gasteiger partial charge in [-0.2, -0.15) is 0 Å². The molecule has 7 aromatic rings. The van der Waals surface area contributed by atoms with E-state index in [1.165, 1.54) is 96.3 Å². The molecule has 208 valence electrons. The molecule has 0 nitrogen and oxygen atoms in total. The number of thioether (sulfide) groups is 1. The molecule has 1 saturated carbocycles. The molecule has 0 aromatic heterocycles. The third-order valence-electron chi connectivity index (χ3n) is 10.9. The third-order valence-corrected chi connectivity index (χ3v) is 12.6. The quantitative estimate of drug-likeness (QED) is 0.190. The monoisotopic (exact) mass is 570 g/mol. The predicted octanol–water partition coefficient (Wildman–Crippen LogP) is 12.3. The fourth-order valence-corrected chi connectivity index (χ4v) is 10.1. The average molecular weight is 571 g/mol. The van der Waals surface area contributed by atoms with E-state index in [2.05, 4.69) is 147 Å². The molecule has 0 radical (unpaired) electrons. The fourth-order valence-electron chi connectivity index (χ4n) is 8.39. The van der Waals surface area contributed by atoms with Crippen LogP contribution < -0.4 is 0 Å². The number of hydrogen-bond acceptors (Lipinski definition) is 1. The van der Waals surface area contributed by atoms with Gasteiger partial charge >= 0.3 is 0 Å². The Labute approximate surface area is 258 Å². The largest absolute Gasteiger partial charge is 0.118 e. The number of fused-ring (bicyclic) bond motifs is 3. The number of benzene rings is 7. The summed E-state index contributed by atoms with van der Waals surface area (Å²) in [5.74, 6) is 0. The van der Waals surface area contributed by atoms with E-state index in [0.29, 0.717) is 0 Å². The van der Waals surface area contributed by atoms with Gasteiger partial charge in [0.05, 0.1) is 0 Å². The smallest absolute Gasteiger partial charge is 0.0273 e. The Bertz CT molecular complexity index is 2180. The minimum atomic E-state index is 0.220. The van der Waals surface area contributed by atoms with E-state index < -0.39 is 0 Å². The lowest BCUT2D eigenvalue weighted by atomic mass is 9.64. The normalized spacial score (nSPS) is 21.4. The Morgan fingerprint density at radius 3 is 1.86 bits per heavy atom. The third kappa shape index (κ3) is 3.58. The van der Waals surface area contributed by atoms with Crippen molar-refractivity contribution in [3.8, 4) is 33.4 Å². The van der Waals surface area contributed by atoms with E-state index in [9.17, 15) is 0 Å². The van der Waals surface area contributed by atoms with Crippen molar-refractivity contribution in [2.45, 2.75) is 54.6 Å². The number of rotatable bonds is 3. The lowest BCUT2D eigenvalue weighted by molar-refractivity contribution is 0.260. The summed E-state index contributed by atoms with van der Waals surface area (Å²) in [4.78, 5) is 1.49. The molecule has 0 N–H and O–H groups in total. The van der Waals surface area contributed by atoms with Gasteiger partial charge in [0.25, 0.3) is 0 Å². The maximum atomic E-state index is 2.56. The summed E-state index contributed by atoms with van der Waals surface area (Å²) >= 11 is 2.13. The molecule has 2 unspecified atom stereocenters. The van der Waals surface area contributed by atoms with E-state index in [1.54, 1.807) is 5.56 Å². The first-order valence-electron chi connectivity index (χ1n) is 15.7. The Hall–Kier alpha value is -4.07. The second-order valence-corrected chi connectivity index (χ2v) is 14.7. The van der Waals surface area contributed by atoms with Crippen molar-refractivity contribution in [2.24, 2.45) is 0 Å². The van der Waals surface area contributed by atoms with Crippen molar-refractivity contribution in [1.29, 1.82) is 0 Å². The van der Waals surface area contributed by atoms with Crippen LogP contribution in [0.5, 0.6) is 0 Å². The standard InChI is InChI=1S/C42H34S/c1-41-23-9-10-24-42(41,2)43-38-22-17-30(25-37(38)41)36-26-35(28-13-7-4-8-14-28)33-19-16-29-15-18-31(27-11-5-3-6-12-27)32-20-21-34(36)40(33)39(29)32/h3-8,11-22,25-26H,9-10,23-24H2,1-2H3. The van der Waals surface area contributed by atoms with E-state index in [-0.39, 0.29) is 10.2 Å². The molecule has 43 heavy (non-hydrogen) atoms. The van der Waals surface area contributed by atoms with E-state index in [4.69, 9.17) is 0 Å². The summed E-state index contributed by atoms with van der Waals surface area (Å²) in [6.45, 7) is 5.06. The minimum Gasteiger partial charge on any atom is -0.118 e. The average Bonchev–Trinajstić information content (AvgIpc) is 3.30. The zero-order valence-electron chi connectivity index (χ0n) is 24.8. The van der Waals surface area contributed by atoms with Crippen LogP contribution in [0.15, 0.2) is 126 Å². The zero-order valence-corrected chi connectivity index (χ0v) is 25.6. The first-order chi connectivity index (χ1) is 21.0. The molecule has 7 aromatic carbocycles. The van der Waals surface area contributed by atoms with E-state index in [0.717, 1.165) is 0 Å². The summed E-state index contributed by atoms with van der Waals surface area (Å²) in [6.07, 6.45) is 5.26. The minimum absolute atomic E-state index is 0.220. The first-order valence-corrected chi connectivity index (χ1v) is 16.6. The summed E-state index contributed by atoms with van der Waals surface area (Å²) in [5.41, 5.74) is 9.62. The molecular formula is C42H34S. The van der Waals surface area contributed by atoms with Gasteiger partial charge in [-0.1, -0.05) is 123 Å². The second-order valence-electron chi connectivity index (χ2n) is 13.1. The Kier molecular flexibility index (Phi) is 5.45. The lowest BCUT2D eigenvalue weighted by Gasteiger charge is -2.45. The van der Waals surface area contributed by atoms with Crippen molar-refractivity contribution < 1.29 is 0 Å². The molecule has 0 saturated heterocycles. The van der Waals surface area contributed by atoms with E-state index >= 15 is 0 Å². The fraction of sp³-hybridized carbons (Fsp3) is 0.190. The molecule has 9 rings (SSSR count). The Morgan fingerprint density at radius 1 is 0.512 bits per heavy atom. The number of hydrogen-bond donors (Lipinski definition) is 0. The summed E-state index contributed by atoms with van der Waals surface area (Å²) in [5, 5.41) is 8.07. The van der Waals surface area contributed by atoms with Crippen LogP contribution in [0.25, 0.3) is 65.7 Å². The van der Waals surface area contributed by atoms with Gasteiger partial charge in [0.15, 0.2) is 0 Å². The second kappa shape index (κ2) is 9.21. The Morgan fingerprint density at radius 2 is 1.12 bits per heavy atom. The molecule has 2 atom stereocenters. The molecule has 0 amide bonds. The van der Waals surface area contributed by atoms with Crippen LogP contribution in [0.1, 0.15) is 45.1 Å². The molecular weight excluding hydrogens is 537 g/mol. The molecule has 0 bridgehead atoms. The van der Waals surface area contributed by atoms with Gasteiger partial charge in [-0.25, -0.2) is 0 Å². The van der Waals surface area contributed by atoms with Gasteiger partial charge in [0.1, 0.15) is 0 Å². The molecule has 1 aliphatic carbocycles. The summed E-state index contributed by atoms with van der Waals surface area (Å²) in [6, 6.07) is 45.7. The molecule has 1 heterocycles.